The summed E-state index contributed by atoms with van der Waals surface area (Å²) in [6.07, 6.45) is 2.97. The van der Waals surface area contributed by atoms with E-state index < -0.39 is 10.8 Å². The highest BCUT2D eigenvalue weighted by Gasteiger charge is 2.37. The lowest BCUT2D eigenvalue weighted by Gasteiger charge is -2.27. The Morgan fingerprint density at radius 2 is 2.08 bits per heavy atom. The molecule has 2 fully saturated rings. The van der Waals surface area contributed by atoms with E-state index in [4.69, 9.17) is 5.73 Å². The molecule has 1 aromatic carbocycles. The highest BCUT2D eigenvalue weighted by Crippen LogP contribution is 2.33. The molecule has 9 heteroatoms. The van der Waals surface area contributed by atoms with Crippen LogP contribution in [0.25, 0.3) is 0 Å². The smallest absolute Gasteiger partial charge is 0.283 e. The lowest BCUT2D eigenvalue weighted by molar-refractivity contribution is -0.387. The molecule has 0 spiro atoms. The van der Waals surface area contributed by atoms with E-state index in [1.54, 1.807) is 0 Å². The summed E-state index contributed by atoms with van der Waals surface area (Å²) in [4.78, 5) is 36.9. The van der Waals surface area contributed by atoms with Crippen LogP contribution in [0, 0.1) is 10.1 Å². The Bertz CT molecular complexity index is 697. The van der Waals surface area contributed by atoms with Crippen molar-refractivity contribution in [3.63, 3.8) is 0 Å². The molecule has 0 saturated carbocycles. The Hall–Kier alpha value is -2.13. The number of benzene rings is 1. The minimum Gasteiger partial charge on any atom is -0.366 e. The van der Waals surface area contributed by atoms with Gasteiger partial charge in [-0.1, -0.05) is 0 Å². The fourth-order valence-corrected chi connectivity index (χ4v) is 4.41. The lowest BCUT2D eigenvalue weighted by atomic mass is 10.1. The number of thioether (sulfide) groups is 1. The van der Waals surface area contributed by atoms with Crippen molar-refractivity contribution in [1.29, 1.82) is 0 Å². The second-order valence-electron chi connectivity index (χ2n) is 6.27. The minimum absolute atomic E-state index is 0.00877. The summed E-state index contributed by atoms with van der Waals surface area (Å²) in [7, 11) is 0. The van der Waals surface area contributed by atoms with Gasteiger partial charge in [-0.25, -0.2) is 0 Å². The molecule has 134 valence electrons. The van der Waals surface area contributed by atoms with E-state index in [1.807, 2.05) is 4.90 Å². The first kappa shape index (κ1) is 17.7. The van der Waals surface area contributed by atoms with E-state index in [0.29, 0.717) is 4.90 Å². The quantitative estimate of drug-likeness (QED) is 0.459. The molecule has 2 aliphatic heterocycles. The van der Waals surface area contributed by atoms with Gasteiger partial charge in [-0.05, 0) is 37.9 Å². The zero-order valence-electron chi connectivity index (χ0n) is 13.6. The molecule has 0 aliphatic carbocycles. The van der Waals surface area contributed by atoms with Gasteiger partial charge >= 0.3 is 0 Å². The SMILES string of the molecule is NC(=O)c1ccc(SCC(=O)N2C3CCNCC2CC3)c([N+](=O)[O-])c1. The van der Waals surface area contributed by atoms with Crippen LogP contribution in [0.1, 0.15) is 29.6 Å². The molecule has 8 nitrogen and oxygen atoms in total. The van der Waals surface area contributed by atoms with Gasteiger partial charge in [0, 0.05) is 30.3 Å². The highest BCUT2D eigenvalue weighted by molar-refractivity contribution is 8.00. The zero-order valence-corrected chi connectivity index (χ0v) is 14.5. The number of fused-ring (bicyclic) bond motifs is 2. The monoisotopic (exact) mass is 364 g/mol. The molecule has 2 atom stereocenters. The van der Waals surface area contributed by atoms with Crippen molar-refractivity contribution in [3.8, 4) is 0 Å². The van der Waals surface area contributed by atoms with E-state index in [0.717, 1.165) is 50.2 Å². The van der Waals surface area contributed by atoms with Gasteiger partial charge < -0.3 is 16.0 Å². The molecule has 2 unspecified atom stereocenters. The van der Waals surface area contributed by atoms with E-state index in [2.05, 4.69) is 5.32 Å². The number of nitro benzene ring substituents is 1. The normalized spacial score (nSPS) is 22.5. The van der Waals surface area contributed by atoms with Gasteiger partial charge in [0.15, 0.2) is 0 Å². The molecule has 0 radical (unpaired) electrons. The average molecular weight is 364 g/mol. The van der Waals surface area contributed by atoms with E-state index >= 15 is 0 Å². The first-order valence-electron chi connectivity index (χ1n) is 8.20. The third-order valence-corrected chi connectivity index (χ3v) is 5.78. The molecule has 2 heterocycles. The van der Waals surface area contributed by atoms with Gasteiger partial charge in [-0.15, -0.1) is 11.8 Å². The topological polar surface area (TPSA) is 119 Å². The fraction of sp³-hybridized carbons (Fsp3) is 0.500. The number of rotatable bonds is 5. The van der Waals surface area contributed by atoms with Crippen molar-refractivity contribution in [2.24, 2.45) is 5.73 Å². The largest absolute Gasteiger partial charge is 0.366 e. The van der Waals surface area contributed by atoms with Crippen molar-refractivity contribution in [3.05, 3.63) is 33.9 Å². The van der Waals surface area contributed by atoms with Gasteiger partial charge in [-0.2, -0.15) is 0 Å². The second-order valence-corrected chi connectivity index (χ2v) is 7.29. The summed E-state index contributed by atoms with van der Waals surface area (Å²) in [6, 6.07) is 4.57. The molecule has 2 saturated heterocycles. The van der Waals surface area contributed by atoms with Gasteiger partial charge in [0.2, 0.25) is 11.8 Å². The number of carbonyl (C=O) groups is 2. The van der Waals surface area contributed by atoms with Crippen LogP contribution >= 0.6 is 11.8 Å². The van der Waals surface area contributed by atoms with Crippen LogP contribution in [0.2, 0.25) is 0 Å². The molecule has 2 amide bonds. The van der Waals surface area contributed by atoms with Crippen LogP contribution in [-0.4, -0.2) is 52.6 Å². The number of hydrogen-bond donors (Lipinski definition) is 2. The van der Waals surface area contributed by atoms with Gasteiger partial charge in [0.1, 0.15) is 0 Å². The van der Waals surface area contributed by atoms with Crippen molar-refractivity contribution in [2.75, 3.05) is 18.8 Å². The van der Waals surface area contributed by atoms with Crippen molar-refractivity contribution < 1.29 is 14.5 Å². The maximum Gasteiger partial charge on any atom is 0.283 e. The molecule has 2 aliphatic rings. The molecule has 3 rings (SSSR count). The summed E-state index contributed by atoms with van der Waals surface area (Å²) < 4.78 is 0. The van der Waals surface area contributed by atoms with Crippen molar-refractivity contribution >= 4 is 29.3 Å². The van der Waals surface area contributed by atoms with E-state index in [9.17, 15) is 19.7 Å². The number of amides is 2. The molecule has 0 aromatic heterocycles. The minimum atomic E-state index is -0.718. The van der Waals surface area contributed by atoms with E-state index in [1.165, 1.54) is 12.1 Å². The number of primary amides is 1. The van der Waals surface area contributed by atoms with Crippen LogP contribution < -0.4 is 11.1 Å². The highest BCUT2D eigenvalue weighted by atomic mass is 32.2. The first-order valence-corrected chi connectivity index (χ1v) is 9.19. The summed E-state index contributed by atoms with van der Waals surface area (Å²) in [5, 5.41) is 14.6. The molecule has 2 bridgehead atoms. The second kappa shape index (κ2) is 7.40. The molecular weight excluding hydrogens is 344 g/mol. The number of nitrogens with one attached hydrogen (secondary N) is 1. The number of carbonyl (C=O) groups excluding carboxylic acids is 2. The Balaban J connectivity index is 1.72. The van der Waals surface area contributed by atoms with Crippen LogP contribution in [0.4, 0.5) is 5.69 Å². The standard InChI is InChI=1S/C16H20N4O4S/c17-16(22)10-1-4-14(13(7-10)20(23)24)25-9-15(21)19-11-2-3-12(19)8-18-6-5-11/h1,4,7,11-12,18H,2-3,5-6,8-9H2,(H2,17,22). The summed E-state index contributed by atoms with van der Waals surface area (Å²) in [6.45, 7) is 1.72. The third kappa shape index (κ3) is 3.77. The molecule has 1 aromatic rings. The molecule has 3 N–H and O–H groups in total. The third-order valence-electron chi connectivity index (χ3n) is 4.73. The van der Waals surface area contributed by atoms with Gasteiger partial charge in [0.05, 0.1) is 15.6 Å². The van der Waals surface area contributed by atoms with Crippen LogP contribution in [0.5, 0.6) is 0 Å². The van der Waals surface area contributed by atoms with Gasteiger partial charge in [0.25, 0.3) is 5.69 Å². The Kier molecular flexibility index (Phi) is 5.24. The maximum absolute atomic E-state index is 12.7. The Morgan fingerprint density at radius 1 is 1.32 bits per heavy atom. The summed E-state index contributed by atoms with van der Waals surface area (Å²) in [5.74, 6) is -0.567. The zero-order chi connectivity index (χ0) is 18.0. The number of hydrogen-bond acceptors (Lipinski definition) is 6. The van der Waals surface area contributed by atoms with Crippen LogP contribution in [0.15, 0.2) is 23.1 Å². The van der Waals surface area contributed by atoms with Crippen LogP contribution in [0.3, 0.4) is 0 Å². The summed E-state index contributed by atoms with van der Waals surface area (Å²) >= 11 is 1.13. The number of nitrogens with two attached hydrogens (primary N) is 1. The van der Waals surface area contributed by atoms with E-state index in [-0.39, 0.29) is 35.0 Å². The summed E-state index contributed by atoms with van der Waals surface area (Å²) in [5.41, 5.74) is 5.05. The first-order chi connectivity index (χ1) is 12.0. The average Bonchev–Trinajstić information content (AvgIpc) is 2.85. The van der Waals surface area contributed by atoms with Crippen molar-refractivity contribution in [1.82, 2.24) is 10.2 Å². The Morgan fingerprint density at radius 3 is 2.80 bits per heavy atom. The van der Waals surface area contributed by atoms with Crippen molar-refractivity contribution in [2.45, 2.75) is 36.2 Å². The predicted molar refractivity (Wildman–Crippen MR) is 93.5 cm³/mol. The molecular formula is C16H20N4O4S. The Labute approximate surface area is 149 Å². The number of nitro groups is 1. The predicted octanol–water partition coefficient (Wildman–Crippen LogP) is 1.14. The lowest BCUT2D eigenvalue weighted by Crippen LogP contribution is -2.43. The van der Waals surface area contributed by atoms with Gasteiger partial charge in [-0.3, -0.25) is 19.7 Å². The van der Waals surface area contributed by atoms with Crippen LogP contribution in [-0.2, 0) is 4.79 Å². The fourth-order valence-electron chi connectivity index (χ4n) is 3.54. The molecule has 25 heavy (non-hydrogen) atoms. The maximum atomic E-state index is 12.7. The number of nitrogens with zero attached hydrogens (tertiary/aromatic N) is 2.